The lowest BCUT2D eigenvalue weighted by molar-refractivity contribution is 0.418. The summed E-state index contributed by atoms with van der Waals surface area (Å²) in [6.45, 7) is 7.59. The molecule has 0 bridgehead atoms. The highest BCUT2D eigenvalue weighted by Crippen LogP contribution is 2.14. The fraction of sp³-hybridized carbons (Fsp3) is 0.600. The van der Waals surface area contributed by atoms with E-state index in [2.05, 4.69) is 26.1 Å². The van der Waals surface area contributed by atoms with E-state index >= 15 is 0 Å². The molecule has 0 spiro atoms. The van der Waals surface area contributed by atoms with E-state index in [1.165, 1.54) is 18.4 Å². The van der Waals surface area contributed by atoms with Crippen molar-refractivity contribution in [1.29, 1.82) is 0 Å². The lowest BCUT2D eigenvalue weighted by Gasteiger charge is -2.18. The zero-order valence-corrected chi connectivity index (χ0v) is 11.2. The zero-order chi connectivity index (χ0) is 12.7. The summed E-state index contributed by atoms with van der Waals surface area (Å²) >= 11 is 0. The molecule has 2 heteroatoms. The molecule has 0 aliphatic carbocycles. The molecule has 0 saturated carbocycles. The summed E-state index contributed by atoms with van der Waals surface area (Å²) in [5, 5.41) is 3.49. The second-order valence-corrected chi connectivity index (χ2v) is 5.05. The van der Waals surface area contributed by atoms with E-state index in [0.29, 0.717) is 12.0 Å². The molecule has 0 aliphatic heterocycles. The van der Waals surface area contributed by atoms with E-state index in [9.17, 15) is 4.39 Å². The molecule has 0 fully saturated rings. The Morgan fingerprint density at radius 1 is 1.18 bits per heavy atom. The van der Waals surface area contributed by atoms with Crippen molar-refractivity contribution in [2.24, 2.45) is 5.92 Å². The van der Waals surface area contributed by atoms with Crippen LogP contribution < -0.4 is 5.32 Å². The smallest absolute Gasteiger partial charge is 0.123 e. The molecule has 96 valence electrons. The number of halogens is 1. The Balaban J connectivity index is 2.50. The number of benzene rings is 1. The minimum atomic E-state index is -0.152. The van der Waals surface area contributed by atoms with E-state index < -0.39 is 0 Å². The second-order valence-electron chi connectivity index (χ2n) is 5.05. The minimum Gasteiger partial charge on any atom is -0.314 e. The van der Waals surface area contributed by atoms with E-state index in [1.807, 2.05) is 12.1 Å². The van der Waals surface area contributed by atoms with Crippen molar-refractivity contribution in [3.05, 3.63) is 35.6 Å². The largest absolute Gasteiger partial charge is 0.314 e. The van der Waals surface area contributed by atoms with Gasteiger partial charge in [-0.25, -0.2) is 4.39 Å². The Kier molecular flexibility index (Phi) is 6.20. The molecule has 0 saturated heterocycles. The third-order valence-corrected chi connectivity index (χ3v) is 2.95. The molecule has 1 atom stereocenters. The normalized spacial score (nSPS) is 13.0. The van der Waals surface area contributed by atoms with E-state index in [1.54, 1.807) is 12.1 Å². The number of hydrogen-bond acceptors (Lipinski definition) is 1. The van der Waals surface area contributed by atoms with Gasteiger partial charge in [-0.05, 0) is 43.0 Å². The van der Waals surface area contributed by atoms with Gasteiger partial charge < -0.3 is 5.32 Å². The molecule has 0 heterocycles. The van der Waals surface area contributed by atoms with Crippen LogP contribution in [0.25, 0.3) is 0 Å². The van der Waals surface area contributed by atoms with Gasteiger partial charge in [0.25, 0.3) is 0 Å². The molecular formula is C15H24FN. The molecule has 1 aromatic rings. The first-order valence-corrected chi connectivity index (χ1v) is 6.59. The van der Waals surface area contributed by atoms with Crippen LogP contribution in [0.4, 0.5) is 4.39 Å². The van der Waals surface area contributed by atoms with Crippen molar-refractivity contribution in [2.75, 3.05) is 6.54 Å². The van der Waals surface area contributed by atoms with E-state index in [4.69, 9.17) is 0 Å². The van der Waals surface area contributed by atoms with Crippen molar-refractivity contribution in [2.45, 2.75) is 46.1 Å². The Labute approximate surface area is 104 Å². The van der Waals surface area contributed by atoms with Crippen LogP contribution in [0.3, 0.4) is 0 Å². The van der Waals surface area contributed by atoms with Crippen LogP contribution in [-0.4, -0.2) is 12.6 Å². The third-order valence-electron chi connectivity index (χ3n) is 2.95. The fourth-order valence-corrected chi connectivity index (χ4v) is 2.04. The summed E-state index contributed by atoms with van der Waals surface area (Å²) in [6.07, 6.45) is 3.45. The van der Waals surface area contributed by atoms with Crippen molar-refractivity contribution in [3.8, 4) is 0 Å². The van der Waals surface area contributed by atoms with Crippen LogP contribution in [0.2, 0.25) is 0 Å². The molecule has 0 aliphatic rings. The molecule has 0 amide bonds. The lowest BCUT2D eigenvalue weighted by Crippen LogP contribution is -2.29. The highest BCUT2D eigenvalue weighted by molar-refractivity contribution is 5.16. The molecule has 17 heavy (non-hydrogen) atoms. The standard InChI is InChI=1S/C15H24FN/c1-4-5-14(11-17-12(2)3)10-13-6-8-15(16)9-7-13/h6-9,12,14,17H,4-5,10-11H2,1-3H3. The van der Waals surface area contributed by atoms with Crippen molar-refractivity contribution in [1.82, 2.24) is 5.32 Å². The molecular weight excluding hydrogens is 213 g/mol. The topological polar surface area (TPSA) is 12.0 Å². The Morgan fingerprint density at radius 3 is 2.35 bits per heavy atom. The third kappa shape index (κ3) is 5.83. The number of rotatable bonds is 7. The highest BCUT2D eigenvalue weighted by atomic mass is 19.1. The maximum atomic E-state index is 12.8. The Hall–Kier alpha value is -0.890. The van der Waals surface area contributed by atoms with Crippen LogP contribution in [-0.2, 0) is 6.42 Å². The molecule has 0 aromatic heterocycles. The Bertz CT molecular complexity index is 305. The summed E-state index contributed by atoms with van der Waals surface area (Å²) in [7, 11) is 0. The van der Waals surface area contributed by atoms with Gasteiger partial charge in [0.1, 0.15) is 5.82 Å². The van der Waals surface area contributed by atoms with Gasteiger partial charge in [0, 0.05) is 6.04 Å². The molecule has 1 N–H and O–H groups in total. The monoisotopic (exact) mass is 237 g/mol. The minimum absolute atomic E-state index is 0.152. The van der Waals surface area contributed by atoms with Crippen molar-refractivity contribution < 1.29 is 4.39 Å². The summed E-state index contributed by atoms with van der Waals surface area (Å²) < 4.78 is 12.8. The Morgan fingerprint density at radius 2 is 1.82 bits per heavy atom. The lowest BCUT2D eigenvalue weighted by atomic mass is 9.95. The summed E-state index contributed by atoms with van der Waals surface area (Å²) in [6, 6.07) is 7.42. The van der Waals surface area contributed by atoms with Crippen molar-refractivity contribution >= 4 is 0 Å². The van der Waals surface area contributed by atoms with E-state index in [-0.39, 0.29) is 5.82 Å². The van der Waals surface area contributed by atoms with Crippen LogP contribution >= 0.6 is 0 Å². The fourth-order valence-electron chi connectivity index (χ4n) is 2.04. The maximum absolute atomic E-state index is 12.8. The van der Waals surface area contributed by atoms with Crippen LogP contribution in [0, 0.1) is 11.7 Å². The molecule has 1 rings (SSSR count). The first kappa shape index (κ1) is 14.2. The van der Waals surface area contributed by atoms with Crippen LogP contribution in [0.1, 0.15) is 39.2 Å². The molecule has 1 unspecified atom stereocenters. The molecule has 0 radical (unpaired) electrons. The molecule has 1 nitrogen and oxygen atoms in total. The first-order valence-electron chi connectivity index (χ1n) is 6.59. The summed E-state index contributed by atoms with van der Waals surface area (Å²) in [5.41, 5.74) is 1.23. The van der Waals surface area contributed by atoms with Gasteiger partial charge in [-0.3, -0.25) is 0 Å². The van der Waals surface area contributed by atoms with Gasteiger partial charge in [-0.2, -0.15) is 0 Å². The van der Waals surface area contributed by atoms with Gasteiger partial charge >= 0.3 is 0 Å². The van der Waals surface area contributed by atoms with Gasteiger partial charge in [-0.1, -0.05) is 39.3 Å². The van der Waals surface area contributed by atoms with Gasteiger partial charge in [0.2, 0.25) is 0 Å². The van der Waals surface area contributed by atoms with Crippen molar-refractivity contribution in [3.63, 3.8) is 0 Å². The van der Waals surface area contributed by atoms with Crippen LogP contribution in [0.5, 0.6) is 0 Å². The predicted molar refractivity (Wildman–Crippen MR) is 71.6 cm³/mol. The first-order chi connectivity index (χ1) is 8.11. The van der Waals surface area contributed by atoms with E-state index in [0.717, 1.165) is 13.0 Å². The van der Waals surface area contributed by atoms with Crippen LogP contribution in [0.15, 0.2) is 24.3 Å². The second kappa shape index (κ2) is 7.44. The number of hydrogen-bond donors (Lipinski definition) is 1. The average Bonchev–Trinajstić information content (AvgIpc) is 2.29. The SMILES string of the molecule is CCCC(CNC(C)C)Cc1ccc(F)cc1. The van der Waals surface area contributed by atoms with Gasteiger partial charge in [-0.15, -0.1) is 0 Å². The quantitative estimate of drug-likeness (QED) is 0.761. The summed E-state index contributed by atoms with van der Waals surface area (Å²) in [5.74, 6) is 0.494. The number of nitrogens with one attached hydrogen (secondary N) is 1. The predicted octanol–water partition coefficient (Wildman–Crippen LogP) is 3.78. The zero-order valence-electron chi connectivity index (χ0n) is 11.2. The maximum Gasteiger partial charge on any atom is 0.123 e. The summed E-state index contributed by atoms with van der Waals surface area (Å²) in [4.78, 5) is 0. The van der Waals surface area contributed by atoms with Gasteiger partial charge in [0.15, 0.2) is 0 Å². The average molecular weight is 237 g/mol. The molecule has 1 aromatic carbocycles. The van der Waals surface area contributed by atoms with Gasteiger partial charge in [0.05, 0.1) is 0 Å². The highest BCUT2D eigenvalue weighted by Gasteiger charge is 2.09.